The summed E-state index contributed by atoms with van der Waals surface area (Å²) in [6.07, 6.45) is 6.16. The summed E-state index contributed by atoms with van der Waals surface area (Å²) in [6, 6.07) is 2.19. The van der Waals surface area contributed by atoms with Gasteiger partial charge in [0.05, 0.1) is 5.69 Å². The van der Waals surface area contributed by atoms with Gasteiger partial charge in [-0.3, -0.25) is 4.68 Å². The van der Waals surface area contributed by atoms with E-state index in [9.17, 15) is 0 Å². The molecule has 0 atom stereocenters. The Labute approximate surface area is 126 Å². The minimum atomic E-state index is 0.0407. The first-order chi connectivity index (χ1) is 9.15. The molecule has 1 fully saturated rings. The Balaban J connectivity index is 2.24. The van der Waals surface area contributed by atoms with Gasteiger partial charge in [0.15, 0.2) is 0 Å². The van der Waals surface area contributed by atoms with Gasteiger partial charge in [0.25, 0.3) is 0 Å². The Bertz CT molecular complexity index is 404. The van der Waals surface area contributed by atoms with E-state index in [1.54, 1.807) is 0 Å². The van der Waals surface area contributed by atoms with Crippen LogP contribution in [0.25, 0.3) is 0 Å². The van der Waals surface area contributed by atoms with E-state index < -0.39 is 0 Å². The van der Waals surface area contributed by atoms with Gasteiger partial charge in [-0.2, -0.15) is 5.10 Å². The minimum Gasteiger partial charge on any atom is -0.270 e. The van der Waals surface area contributed by atoms with Crippen molar-refractivity contribution >= 4 is 23.2 Å². The van der Waals surface area contributed by atoms with Crippen LogP contribution < -0.4 is 0 Å². The molecule has 0 radical (unpaired) electrons. The fraction of sp³-hybridized carbons (Fsp3) is 0.800. The molecule has 0 amide bonds. The number of hydrogen-bond acceptors (Lipinski definition) is 1. The first kappa shape index (κ1) is 15.2. The summed E-state index contributed by atoms with van der Waals surface area (Å²) in [5.41, 5.74) is 2.41. The molecule has 0 spiro atoms. The highest BCUT2D eigenvalue weighted by atomic mass is 35.5. The molecule has 0 N–H and O–H groups in total. The molecule has 0 aliphatic heterocycles. The standard InChI is InChI=1S/C15H24Cl2N2/c1-3-19-14(8-12(2)18-19)9-15(10-16,11-17)13-6-4-5-7-13/h8,13H,3-7,9-11H2,1-2H3. The first-order valence-electron chi connectivity index (χ1n) is 7.30. The predicted octanol–water partition coefficient (Wildman–Crippen LogP) is 4.41. The van der Waals surface area contributed by atoms with E-state index in [0.29, 0.717) is 17.7 Å². The van der Waals surface area contributed by atoms with E-state index in [0.717, 1.165) is 18.7 Å². The molecule has 2 rings (SSSR count). The lowest BCUT2D eigenvalue weighted by molar-refractivity contribution is 0.220. The van der Waals surface area contributed by atoms with Crippen molar-refractivity contribution in [3.05, 3.63) is 17.5 Å². The molecule has 19 heavy (non-hydrogen) atoms. The second-order valence-corrected chi connectivity index (χ2v) is 6.42. The molecule has 0 bridgehead atoms. The fourth-order valence-corrected chi connectivity index (χ4v) is 4.32. The van der Waals surface area contributed by atoms with Gasteiger partial charge in [0.2, 0.25) is 0 Å². The summed E-state index contributed by atoms with van der Waals surface area (Å²) in [5, 5.41) is 4.54. The molecular weight excluding hydrogens is 279 g/mol. The zero-order chi connectivity index (χ0) is 13.9. The van der Waals surface area contributed by atoms with E-state index in [4.69, 9.17) is 23.2 Å². The zero-order valence-electron chi connectivity index (χ0n) is 12.0. The van der Waals surface area contributed by atoms with E-state index >= 15 is 0 Å². The van der Waals surface area contributed by atoms with Crippen LogP contribution in [-0.4, -0.2) is 21.5 Å². The van der Waals surface area contributed by atoms with Gasteiger partial charge in [-0.25, -0.2) is 0 Å². The Morgan fingerprint density at radius 2 is 1.95 bits per heavy atom. The monoisotopic (exact) mass is 302 g/mol. The number of rotatable bonds is 6. The third-order valence-corrected chi connectivity index (χ3v) is 5.64. The molecule has 1 aliphatic carbocycles. The second kappa shape index (κ2) is 6.49. The highest BCUT2D eigenvalue weighted by Crippen LogP contribution is 2.44. The van der Waals surface area contributed by atoms with Gasteiger partial charge in [-0.1, -0.05) is 12.8 Å². The van der Waals surface area contributed by atoms with Crippen LogP contribution in [0.1, 0.15) is 44.0 Å². The maximum absolute atomic E-state index is 6.34. The van der Waals surface area contributed by atoms with Crippen LogP contribution in [0, 0.1) is 18.3 Å². The Morgan fingerprint density at radius 3 is 2.47 bits per heavy atom. The quantitative estimate of drug-likeness (QED) is 0.712. The Hall–Kier alpha value is -0.210. The molecule has 1 saturated carbocycles. The van der Waals surface area contributed by atoms with E-state index in [2.05, 4.69) is 22.8 Å². The average molecular weight is 303 g/mol. The third-order valence-electron chi connectivity index (χ3n) is 4.57. The van der Waals surface area contributed by atoms with Crippen molar-refractivity contribution in [2.75, 3.05) is 11.8 Å². The van der Waals surface area contributed by atoms with Crippen molar-refractivity contribution in [2.45, 2.75) is 52.5 Å². The van der Waals surface area contributed by atoms with Crippen LogP contribution in [0.3, 0.4) is 0 Å². The third kappa shape index (κ3) is 3.11. The summed E-state index contributed by atoms with van der Waals surface area (Å²) >= 11 is 12.7. The lowest BCUT2D eigenvalue weighted by atomic mass is 9.74. The minimum absolute atomic E-state index is 0.0407. The van der Waals surface area contributed by atoms with Crippen molar-refractivity contribution in [1.29, 1.82) is 0 Å². The van der Waals surface area contributed by atoms with Gasteiger partial charge >= 0.3 is 0 Å². The number of halogens is 2. The number of alkyl halides is 2. The van der Waals surface area contributed by atoms with Crippen molar-refractivity contribution in [1.82, 2.24) is 9.78 Å². The molecular formula is C15H24Cl2N2. The van der Waals surface area contributed by atoms with Crippen LogP contribution in [0.5, 0.6) is 0 Å². The summed E-state index contributed by atoms with van der Waals surface area (Å²) in [7, 11) is 0. The smallest absolute Gasteiger partial charge is 0.0596 e. The predicted molar refractivity (Wildman–Crippen MR) is 82.2 cm³/mol. The number of aryl methyl sites for hydroxylation is 2. The van der Waals surface area contributed by atoms with Crippen LogP contribution >= 0.6 is 23.2 Å². The normalized spacial score (nSPS) is 17.3. The van der Waals surface area contributed by atoms with Gasteiger partial charge in [-0.15, -0.1) is 23.2 Å². The van der Waals surface area contributed by atoms with Gasteiger partial charge in [0.1, 0.15) is 0 Å². The highest BCUT2D eigenvalue weighted by Gasteiger charge is 2.39. The van der Waals surface area contributed by atoms with Crippen LogP contribution in [0.2, 0.25) is 0 Å². The lowest BCUT2D eigenvalue weighted by Gasteiger charge is -2.36. The molecule has 2 nitrogen and oxygen atoms in total. The summed E-state index contributed by atoms with van der Waals surface area (Å²) < 4.78 is 2.10. The first-order valence-corrected chi connectivity index (χ1v) is 8.37. The molecule has 0 saturated heterocycles. The maximum Gasteiger partial charge on any atom is 0.0596 e. The van der Waals surface area contributed by atoms with Crippen molar-refractivity contribution in [3.8, 4) is 0 Å². The molecule has 1 aliphatic rings. The van der Waals surface area contributed by atoms with Crippen LogP contribution in [-0.2, 0) is 13.0 Å². The molecule has 1 heterocycles. The number of hydrogen-bond donors (Lipinski definition) is 0. The number of aromatic nitrogens is 2. The zero-order valence-corrected chi connectivity index (χ0v) is 13.5. The van der Waals surface area contributed by atoms with Crippen molar-refractivity contribution in [3.63, 3.8) is 0 Å². The molecule has 108 valence electrons. The second-order valence-electron chi connectivity index (χ2n) is 5.88. The molecule has 4 heteroatoms. The van der Waals surface area contributed by atoms with E-state index in [1.807, 2.05) is 6.92 Å². The Kier molecular flexibility index (Phi) is 5.19. The SMILES string of the molecule is CCn1nc(C)cc1CC(CCl)(CCl)C1CCCC1. The van der Waals surface area contributed by atoms with Crippen LogP contribution in [0.4, 0.5) is 0 Å². The average Bonchev–Trinajstić information content (AvgIpc) is 3.05. The Morgan fingerprint density at radius 1 is 1.32 bits per heavy atom. The summed E-state index contributed by atoms with van der Waals surface area (Å²) in [5.74, 6) is 1.97. The van der Waals surface area contributed by atoms with Crippen LogP contribution in [0.15, 0.2) is 6.07 Å². The fourth-order valence-electron chi connectivity index (χ4n) is 3.41. The number of nitrogens with zero attached hydrogens (tertiary/aromatic N) is 2. The summed E-state index contributed by atoms with van der Waals surface area (Å²) in [6.45, 7) is 5.09. The molecule has 0 unspecified atom stereocenters. The van der Waals surface area contributed by atoms with E-state index in [-0.39, 0.29) is 5.41 Å². The lowest BCUT2D eigenvalue weighted by Crippen LogP contribution is -2.36. The molecule has 1 aromatic heterocycles. The van der Waals surface area contributed by atoms with Gasteiger partial charge in [0, 0.05) is 29.4 Å². The van der Waals surface area contributed by atoms with Crippen molar-refractivity contribution < 1.29 is 0 Å². The largest absolute Gasteiger partial charge is 0.270 e. The van der Waals surface area contributed by atoms with E-state index in [1.165, 1.54) is 31.4 Å². The topological polar surface area (TPSA) is 17.8 Å². The molecule has 0 aromatic carbocycles. The maximum atomic E-state index is 6.34. The summed E-state index contributed by atoms with van der Waals surface area (Å²) in [4.78, 5) is 0. The van der Waals surface area contributed by atoms with Crippen molar-refractivity contribution in [2.24, 2.45) is 11.3 Å². The highest BCUT2D eigenvalue weighted by molar-refractivity contribution is 6.21. The molecule has 1 aromatic rings. The van der Waals surface area contributed by atoms with Gasteiger partial charge in [-0.05, 0) is 45.1 Å². The van der Waals surface area contributed by atoms with Gasteiger partial charge < -0.3 is 0 Å².